The molecule has 2 N–H and O–H groups in total. The Bertz CT molecular complexity index is 1170. The van der Waals surface area contributed by atoms with Gasteiger partial charge in [0.2, 0.25) is 0 Å². The monoisotopic (exact) mass is 473 g/mol. The lowest BCUT2D eigenvalue weighted by atomic mass is 9.89. The van der Waals surface area contributed by atoms with Crippen molar-refractivity contribution in [2.24, 2.45) is 0 Å². The number of para-hydroxylation sites is 1. The number of likely N-dealkylation sites (tertiary alicyclic amines) is 1. The maximum Gasteiger partial charge on any atom is 0.321 e. The van der Waals surface area contributed by atoms with Crippen LogP contribution < -0.4 is 20.1 Å². The van der Waals surface area contributed by atoms with E-state index in [-0.39, 0.29) is 17.9 Å². The lowest BCUT2D eigenvalue weighted by molar-refractivity contribution is 0.0950. The van der Waals surface area contributed by atoms with Gasteiger partial charge in [0.1, 0.15) is 11.5 Å². The second kappa shape index (κ2) is 11.4. The van der Waals surface area contributed by atoms with E-state index < -0.39 is 0 Å². The van der Waals surface area contributed by atoms with Gasteiger partial charge in [-0.3, -0.25) is 4.79 Å². The summed E-state index contributed by atoms with van der Waals surface area (Å²) in [5.74, 6) is 1.41. The van der Waals surface area contributed by atoms with Crippen LogP contribution in [0.1, 0.15) is 40.2 Å². The average molecular weight is 474 g/mol. The van der Waals surface area contributed by atoms with E-state index in [1.807, 2.05) is 77.7 Å². The van der Waals surface area contributed by atoms with Gasteiger partial charge in [-0.05, 0) is 60.9 Å². The molecule has 1 aliphatic rings. The SMILES string of the molecule is COc1ccc(OC)c(CNC(=O)c2cccc([C@H]3CCCN(C(=O)Nc4ccccc4)C3)c2)c1. The molecule has 0 spiro atoms. The Morgan fingerprint density at radius 2 is 1.80 bits per heavy atom. The second-order valence-electron chi connectivity index (χ2n) is 8.57. The molecule has 3 aromatic carbocycles. The molecule has 1 saturated heterocycles. The predicted molar refractivity (Wildman–Crippen MR) is 136 cm³/mol. The summed E-state index contributed by atoms with van der Waals surface area (Å²) in [5.41, 5.74) is 3.28. The lowest BCUT2D eigenvalue weighted by Gasteiger charge is -2.33. The van der Waals surface area contributed by atoms with Gasteiger partial charge in [0.05, 0.1) is 14.2 Å². The molecule has 1 fully saturated rings. The minimum Gasteiger partial charge on any atom is -0.497 e. The van der Waals surface area contributed by atoms with Gasteiger partial charge in [-0.15, -0.1) is 0 Å². The van der Waals surface area contributed by atoms with Gasteiger partial charge in [-0.25, -0.2) is 4.79 Å². The number of hydrogen-bond acceptors (Lipinski definition) is 4. The molecule has 7 heteroatoms. The molecule has 0 unspecified atom stereocenters. The molecule has 1 heterocycles. The van der Waals surface area contributed by atoms with Gasteiger partial charge in [0.15, 0.2) is 0 Å². The zero-order valence-corrected chi connectivity index (χ0v) is 20.1. The molecule has 35 heavy (non-hydrogen) atoms. The number of rotatable bonds is 7. The number of carbonyl (C=O) groups excluding carboxylic acids is 2. The normalized spacial score (nSPS) is 15.3. The third-order valence-electron chi connectivity index (χ3n) is 6.28. The van der Waals surface area contributed by atoms with Crippen molar-refractivity contribution in [2.45, 2.75) is 25.3 Å². The molecule has 0 saturated carbocycles. The number of amides is 3. The fourth-order valence-electron chi connectivity index (χ4n) is 4.39. The summed E-state index contributed by atoms with van der Waals surface area (Å²) in [6.07, 6.45) is 1.89. The van der Waals surface area contributed by atoms with Gasteiger partial charge in [-0.1, -0.05) is 30.3 Å². The van der Waals surface area contributed by atoms with Gasteiger partial charge < -0.3 is 25.0 Å². The fraction of sp³-hybridized carbons (Fsp3) is 0.286. The first-order valence-electron chi connectivity index (χ1n) is 11.8. The summed E-state index contributed by atoms with van der Waals surface area (Å²) in [4.78, 5) is 27.5. The summed E-state index contributed by atoms with van der Waals surface area (Å²) < 4.78 is 10.7. The Labute approximate surface area is 206 Å². The largest absolute Gasteiger partial charge is 0.497 e. The van der Waals surface area contributed by atoms with Crippen LogP contribution in [0.4, 0.5) is 10.5 Å². The van der Waals surface area contributed by atoms with E-state index in [1.165, 1.54) is 0 Å². The topological polar surface area (TPSA) is 79.9 Å². The minimum atomic E-state index is -0.161. The highest BCUT2D eigenvalue weighted by atomic mass is 16.5. The smallest absolute Gasteiger partial charge is 0.321 e. The summed E-state index contributed by atoms with van der Waals surface area (Å²) in [5, 5.41) is 5.94. The molecular weight excluding hydrogens is 442 g/mol. The molecule has 0 aliphatic carbocycles. The number of ether oxygens (including phenoxy) is 2. The van der Waals surface area contributed by atoms with Gasteiger partial charge in [0.25, 0.3) is 5.91 Å². The van der Waals surface area contributed by atoms with Crippen molar-refractivity contribution in [3.05, 3.63) is 89.5 Å². The highest BCUT2D eigenvalue weighted by Gasteiger charge is 2.25. The van der Waals surface area contributed by atoms with Crippen LogP contribution >= 0.6 is 0 Å². The first-order chi connectivity index (χ1) is 17.1. The van der Waals surface area contributed by atoms with Crippen molar-refractivity contribution < 1.29 is 19.1 Å². The van der Waals surface area contributed by atoms with Crippen LogP contribution in [0.15, 0.2) is 72.8 Å². The number of anilines is 1. The third kappa shape index (κ3) is 6.12. The standard InChI is InChI=1S/C28H31N3O4/c1-34-25-13-14-26(35-2)23(17-25)18-29-27(32)21-9-6-8-20(16-21)22-10-7-15-31(19-22)28(33)30-24-11-4-3-5-12-24/h3-6,8-9,11-14,16-17,22H,7,10,15,18-19H2,1-2H3,(H,29,32)(H,30,33)/t22-/m0/s1. The van der Waals surface area contributed by atoms with Crippen molar-refractivity contribution in [3.8, 4) is 11.5 Å². The van der Waals surface area contributed by atoms with Crippen LogP contribution in [-0.2, 0) is 6.54 Å². The zero-order valence-electron chi connectivity index (χ0n) is 20.1. The summed E-state index contributed by atoms with van der Waals surface area (Å²) in [6, 6.07) is 22.6. The van der Waals surface area contributed by atoms with Gasteiger partial charge in [-0.2, -0.15) is 0 Å². The average Bonchev–Trinajstić information content (AvgIpc) is 2.92. The van der Waals surface area contributed by atoms with Crippen molar-refractivity contribution in [3.63, 3.8) is 0 Å². The molecule has 0 bridgehead atoms. The van der Waals surface area contributed by atoms with E-state index in [0.717, 1.165) is 36.2 Å². The van der Waals surface area contributed by atoms with Crippen LogP contribution in [0.3, 0.4) is 0 Å². The highest BCUT2D eigenvalue weighted by Crippen LogP contribution is 2.28. The Kier molecular flexibility index (Phi) is 7.88. The Morgan fingerprint density at radius 1 is 0.971 bits per heavy atom. The number of methoxy groups -OCH3 is 2. The van der Waals surface area contributed by atoms with Crippen molar-refractivity contribution in [2.75, 3.05) is 32.6 Å². The number of carbonyl (C=O) groups is 2. The molecule has 3 amide bonds. The molecule has 3 aromatic rings. The van der Waals surface area contributed by atoms with E-state index >= 15 is 0 Å². The van der Waals surface area contributed by atoms with E-state index in [2.05, 4.69) is 10.6 Å². The lowest BCUT2D eigenvalue weighted by Crippen LogP contribution is -2.41. The molecule has 182 valence electrons. The second-order valence-corrected chi connectivity index (χ2v) is 8.57. The molecule has 4 rings (SSSR count). The van der Waals surface area contributed by atoms with Crippen molar-refractivity contribution >= 4 is 17.6 Å². The first-order valence-corrected chi connectivity index (χ1v) is 11.8. The first kappa shape index (κ1) is 24.1. The molecule has 0 radical (unpaired) electrons. The number of nitrogens with zero attached hydrogens (tertiary/aromatic N) is 1. The highest BCUT2D eigenvalue weighted by molar-refractivity contribution is 5.94. The molecular formula is C28H31N3O4. The number of urea groups is 1. The summed E-state index contributed by atoms with van der Waals surface area (Å²) in [6.45, 7) is 1.66. The number of piperidine rings is 1. The van der Waals surface area contributed by atoms with Crippen LogP contribution in [0.25, 0.3) is 0 Å². The molecule has 0 aromatic heterocycles. The molecule has 1 aliphatic heterocycles. The van der Waals surface area contributed by atoms with Crippen LogP contribution in [-0.4, -0.2) is 44.1 Å². The minimum absolute atomic E-state index is 0.0953. The van der Waals surface area contributed by atoms with E-state index in [4.69, 9.17) is 9.47 Å². The summed E-state index contributed by atoms with van der Waals surface area (Å²) in [7, 11) is 3.21. The quantitative estimate of drug-likeness (QED) is 0.504. The zero-order chi connectivity index (χ0) is 24.6. The maximum atomic E-state index is 12.9. The van der Waals surface area contributed by atoms with Crippen molar-refractivity contribution in [1.29, 1.82) is 0 Å². The number of nitrogens with one attached hydrogen (secondary N) is 2. The fourth-order valence-corrected chi connectivity index (χ4v) is 4.39. The third-order valence-corrected chi connectivity index (χ3v) is 6.28. The number of hydrogen-bond donors (Lipinski definition) is 2. The van der Waals surface area contributed by atoms with Gasteiger partial charge >= 0.3 is 6.03 Å². The van der Waals surface area contributed by atoms with Crippen LogP contribution in [0.5, 0.6) is 11.5 Å². The van der Waals surface area contributed by atoms with Crippen molar-refractivity contribution in [1.82, 2.24) is 10.2 Å². The molecule has 7 nitrogen and oxygen atoms in total. The van der Waals surface area contributed by atoms with Gasteiger partial charge in [0, 0.05) is 42.4 Å². The van der Waals surface area contributed by atoms with Crippen LogP contribution in [0.2, 0.25) is 0 Å². The molecule has 1 atom stereocenters. The Morgan fingerprint density at radius 3 is 2.57 bits per heavy atom. The Balaban J connectivity index is 1.40. The Hall–Kier alpha value is -4.00. The predicted octanol–water partition coefficient (Wildman–Crippen LogP) is 5.05. The maximum absolute atomic E-state index is 12.9. The van der Waals surface area contributed by atoms with E-state index in [1.54, 1.807) is 14.2 Å². The van der Waals surface area contributed by atoms with E-state index in [9.17, 15) is 9.59 Å². The number of benzene rings is 3. The van der Waals surface area contributed by atoms with E-state index in [0.29, 0.717) is 30.2 Å². The van der Waals surface area contributed by atoms with Crippen LogP contribution in [0, 0.1) is 0 Å². The summed E-state index contributed by atoms with van der Waals surface area (Å²) >= 11 is 0.